The molecule has 2 aromatic carbocycles. The molecule has 0 bridgehead atoms. The number of thioether (sulfide) groups is 1. The summed E-state index contributed by atoms with van der Waals surface area (Å²) in [6, 6.07) is 16.9. The van der Waals surface area contributed by atoms with Crippen LogP contribution >= 0.6 is 24.0 Å². The van der Waals surface area contributed by atoms with Crippen molar-refractivity contribution in [1.29, 1.82) is 5.26 Å². The Kier molecular flexibility index (Phi) is 6.07. The molecule has 0 unspecified atom stereocenters. The highest BCUT2D eigenvalue weighted by Crippen LogP contribution is 2.32. The van der Waals surface area contributed by atoms with Crippen molar-refractivity contribution in [3.05, 3.63) is 82.8 Å². The first-order valence-corrected chi connectivity index (χ1v) is 9.41. The number of nitriles is 1. The van der Waals surface area contributed by atoms with E-state index in [9.17, 15) is 4.79 Å². The van der Waals surface area contributed by atoms with Gasteiger partial charge in [0, 0.05) is 6.54 Å². The van der Waals surface area contributed by atoms with Gasteiger partial charge in [-0.25, -0.2) is 0 Å². The topological polar surface area (TPSA) is 53.3 Å². The largest absolute Gasteiger partial charge is 0.489 e. The van der Waals surface area contributed by atoms with E-state index in [-0.39, 0.29) is 5.91 Å². The molecule has 6 heteroatoms. The summed E-state index contributed by atoms with van der Waals surface area (Å²) in [5.41, 5.74) is 2.38. The third kappa shape index (κ3) is 4.64. The lowest BCUT2D eigenvalue weighted by atomic mass is 10.1. The number of nitrogens with zero attached hydrogens (tertiary/aromatic N) is 2. The van der Waals surface area contributed by atoms with E-state index < -0.39 is 0 Å². The Bertz CT molecular complexity index is 976. The number of ether oxygens (including phenoxy) is 1. The van der Waals surface area contributed by atoms with Gasteiger partial charge in [-0.05, 0) is 41.5 Å². The van der Waals surface area contributed by atoms with Crippen molar-refractivity contribution in [3.63, 3.8) is 0 Å². The van der Waals surface area contributed by atoms with Gasteiger partial charge in [-0.3, -0.25) is 9.69 Å². The molecule has 0 aliphatic carbocycles. The molecule has 1 fully saturated rings. The average molecular weight is 393 g/mol. The Labute approximate surface area is 167 Å². The van der Waals surface area contributed by atoms with E-state index in [2.05, 4.69) is 12.6 Å². The molecular weight excluding hydrogens is 376 g/mol. The fraction of sp³-hybridized carbons (Fsp3) is 0.0952. The van der Waals surface area contributed by atoms with Crippen molar-refractivity contribution in [3.8, 4) is 11.8 Å². The molecule has 134 valence electrons. The highest BCUT2D eigenvalue weighted by atomic mass is 32.2. The summed E-state index contributed by atoms with van der Waals surface area (Å²) < 4.78 is 6.36. The van der Waals surface area contributed by atoms with Crippen molar-refractivity contribution >= 4 is 40.3 Å². The van der Waals surface area contributed by atoms with Crippen LogP contribution in [0.25, 0.3) is 6.08 Å². The fourth-order valence-electron chi connectivity index (χ4n) is 2.53. The van der Waals surface area contributed by atoms with Crippen LogP contribution in [-0.2, 0) is 11.4 Å². The second-order valence-corrected chi connectivity index (χ2v) is 7.43. The van der Waals surface area contributed by atoms with E-state index in [1.807, 2.05) is 42.5 Å². The summed E-state index contributed by atoms with van der Waals surface area (Å²) in [4.78, 5) is 14.5. The Morgan fingerprint density at radius 3 is 2.85 bits per heavy atom. The van der Waals surface area contributed by atoms with Crippen LogP contribution in [0.15, 0.2) is 66.1 Å². The normalized spacial score (nSPS) is 15.1. The van der Waals surface area contributed by atoms with Crippen molar-refractivity contribution in [2.75, 3.05) is 6.54 Å². The van der Waals surface area contributed by atoms with Crippen LogP contribution in [0.2, 0.25) is 0 Å². The molecule has 0 atom stereocenters. The van der Waals surface area contributed by atoms with E-state index in [4.69, 9.17) is 22.2 Å². The van der Waals surface area contributed by atoms with Gasteiger partial charge >= 0.3 is 0 Å². The first kappa shape index (κ1) is 18.9. The monoisotopic (exact) mass is 392 g/mol. The molecule has 0 saturated carbocycles. The van der Waals surface area contributed by atoms with E-state index >= 15 is 0 Å². The molecule has 1 aliphatic heterocycles. The number of benzene rings is 2. The molecule has 1 aliphatic rings. The molecule has 3 rings (SSSR count). The number of carbonyl (C=O) groups is 1. The van der Waals surface area contributed by atoms with E-state index in [0.29, 0.717) is 33.7 Å². The molecule has 0 N–H and O–H groups in total. The maximum absolute atomic E-state index is 12.4. The minimum absolute atomic E-state index is 0.107. The number of thiocarbonyl (C=S) groups is 1. The van der Waals surface area contributed by atoms with Crippen LogP contribution in [0.5, 0.6) is 5.75 Å². The molecule has 27 heavy (non-hydrogen) atoms. The molecule has 4 nitrogen and oxygen atoms in total. The minimum Gasteiger partial charge on any atom is -0.489 e. The number of hydrogen-bond donors (Lipinski definition) is 0. The van der Waals surface area contributed by atoms with Gasteiger partial charge in [0.15, 0.2) is 0 Å². The van der Waals surface area contributed by atoms with Gasteiger partial charge in [-0.15, -0.1) is 6.58 Å². The predicted octanol–water partition coefficient (Wildman–Crippen LogP) is 4.52. The van der Waals surface area contributed by atoms with Crippen molar-refractivity contribution in [2.24, 2.45) is 0 Å². The van der Waals surface area contributed by atoms with E-state index in [0.717, 1.165) is 11.1 Å². The van der Waals surface area contributed by atoms with Gasteiger partial charge in [0.05, 0.1) is 16.5 Å². The number of amides is 1. The van der Waals surface area contributed by atoms with Crippen molar-refractivity contribution < 1.29 is 9.53 Å². The third-order valence-corrected chi connectivity index (χ3v) is 5.18. The Hall–Kier alpha value is -2.88. The molecule has 1 heterocycles. The highest BCUT2D eigenvalue weighted by molar-refractivity contribution is 8.26. The van der Waals surface area contributed by atoms with Gasteiger partial charge in [0.25, 0.3) is 5.91 Å². The van der Waals surface area contributed by atoms with Crippen LogP contribution in [0.3, 0.4) is 0 Å². The number of carbonyl (C=O) groups excluding carboxylic acids is 1. The van der Waals surface area contributed by atoms with Gasteiger partial charge < -0.3 is 4.74 Å². The smallest absolute Gasteiger partial charge is 0.266 e. The first-order valence-electron chi connectivity index (χ1n) is 8.19. The minimum atomic E-state index is -0.107. The summed E-state index contributed by atoms with van der Waals surface area (Å²) >= 11 is 6.54. The lowest BCUT2D eigenvalue weighted by Crippen LogP contribution is -2.27. The molecule has 1 amide bonds. The zero-order valence-corrected chi connectivity index (χ0v) is 16.1. The predicted molar refractivity (Wildman–Crippen MR) is 112 cm³/mol. The van der Waals surface area contributed by atoms with E-state index in [1.165, 1.54) is 16.7 Å². The first-order chi connectivity index (χ1) is 13.1. The molecule has 2 aromatic rings. The van der Waals surface area contributed by atoms with Gasteiger partial charge in [0.1, 0.15) is 16.7 Å². The van der Waals surface area contributed by atoms with Crippen LogP contribution in [0.1, 0.15) is 16.7 Å². The average Bonchev–Trinajstić information content (AvgIpc) is 2.94. The summed E-state index contributed by atoms with van der Waals surface area (Å²) in [6.45, 7) is 4.42. The summed E-state index contributed by atoms with van der Waals surface area (Å²) in [7, 11) is 0. The molecule has 1 saturated heterocycles. The Morgan fingerprint density at radius 1 is 1.26 bits per heavy atom. The summed E-state index contributed by atoms with van der Waals surface area (Å²) in [5, 5.41) is 8.97. The zero-order valence-electron chi connectivity index (χ0n) is 14.4. The van der Waals surface area contributed by atoms with Crippen LogP contribution < -0.4 is 4.74 Å². The fourth-order valence-corrected chi connectivity index (χ4v) is 3.80. The second kappa shape index (κ2) is 8.67. The quantitative estimate of drug-likeness (QED) is 0.411. The second-order valence-electron chi connectivity index (χ2n) is 5.75. The molecular formula is C21H16N2O2S2. The maximum Gasteiger partial charge on any atom is 0.266 e. The third-order valence-electron chi connectivity index (χ3n) is 3.80. The SMILES string of the molecule is C=CCN1C(=O)/C(=C/c2cccc(OCc3cccc(C#N)c3)c2)SC1=S. The summed E-state index contributed by atoms with van der Waals surface area (Å²) in [5.74, 6) is 0.581. The lowest BCUT2D eigenvalue weighted by Gasteiger charge is -2.10. The number of rotatable bonds is 6. The Morgan fingerprint density at radius 2 is 2.07 bits per heavy atom. The van der Waals surface area contributed by atoms with Gasteiger partial charge in [-0.2, -0.15) is 5.26 Å². The standard InChI is InChI=1S/C21H16N2O2S2/c1-2-9-23-20(24)19(27-21(23)26)12-15-5-4-8-18(11-15)25-14-17-7-3-6-16(10-17)13-22/h2-8,10-12H,1,9,14H2/b19-12-. The molecule has 0 radical (unpaired) electrons. The maximum atomic E-state index is 12.4. The molecule has 0 spiro atoms. The highest BCUT2D eigenvalue weighted by Gasteiger charge is 2.30. The van der Waals surface area contributed by atoms with E-state index in [1.54, 1.807) is 18.2 Å². The van der Waals surface area contributed by atoms with Crippen LogP contribution in [-0.4, -0.2) is 21.7 Å². The molecule has 0 aromatic heterocycles. The van der Waals surface area contributed by atoms with Crippen molar-refractivity contribution in [2.45, 2.75) is 6.61 Å². The van der Waals surface area contributed by atoms with Crippen LogP contribution in [0, 0.1) is 11.3 Å². The van der Waals surface area contributed by atoms with Gasteiger partial charge in [0.2, 0.25) is 0 Å². The zero-order chi connectivity index (χ0) is 19.2. The Balaban J connectivity index is 1.72. The van der Waals surface area contributed by atoms with Crippen LogP contribution in [0.4, 0.5) is 0 Å². The van der Waals surface area contributed by atoms with Gasteiger partial charge in [-0.1, -0.05) is 54.3 Å². The number of hydrogen-bond acceptors (Lipinski definition) is 5. The lowest BCUT2D eigenvalue weighted by molar-refractivity contribution is -0.121. The van der Waals surface area contributed by atoms with Crippen molar-refractivity contribution in [1.82, 2.24) is 4.90 Å². The summed E-state index contributed by atoms with van der Waals surface area (Å²) in [6.07, 6.45) is 3.47.